The highest BCUT2D eigenvalue weighted by Gasteiger charge is 2.30. The molecule has 0 radical (unpaired) electrons. The zero-order valence-corrected chi connectivity index (χ0v) is 15.8. The lowest BCUT2D eigenvalue weighted by molar-refractivity contribution is -0.139. The smallest absolute Gasteiger partial charge is 0.309 e. The zero-order chi connectivity index (χ0) is 19.3. The van der Waals surface area contributed by atoms with Crippen molar-refractivity contribution in [2.75, 3.05) is 37.6 Å². The van der Waals surface area contributed by atoms with Gasteiger partial charge in [-0.25, -0.2) is 0 Å². The average Bonchev–Trinajstić information content (AvgIpc) is 3.39. The first-order valence-electron chi connectivity index (χ1n) is 9.87. The summed E-state index contributed by atoms with van der Waals surface area (Å²) in [5, 5.41) is 5.50. The van der Waals surface area contributed by atoms with Gasteiger partial charge in [0.15, 0.2) is 0 Å². The van der Waals surface area contributed by atoms with Crippen LogP contribution in [0.5, 0.6) is 0 Å². The molecular weight excluding hydrogens is 356 g/mol. The Bertz CT molecular complexity index is 781. The summed E-state index contributed by atoms with van der Waals surface area (Å²) in [6.07, 6.45) is 3.56. The summed E-state index contributed by atoms with van der Waals surface area (Å²) < 4.78 is 5.62. The Morgan fingerprint density at radius 3 is 2.39 bits per heavy atom. The van der Waals surface area contributed by atoms with Gasteiger partial charge in [-0.15, -0.1) is 0 Å². The first kappa shape index (κ1) is 18.6. The lowest BCUT2D eigenvalue weighted by atomic mass is 10.1. The fourth-order valence-corrected chi connectivity index (χ4v) is 3.57. The van der Waals surface area contributed by atoms with Crippen LogP contribution in [0.25, 0.3) is 0 Å². The molecule has 2 heterocycles. The van der Waals surface area contributed by atoms with Gasteiger partial charge in [0.2, 0.25) is 0 Å². The molecule has 1 aliphatic carbocycles. The van der Waals surface area contributed by atoms with Gasteiger partial charge in [-0.2, -0.15) is 0 Å². The first-order chi connectivity index (χ1) is 13.7. The minimum absolute atomic E-state index is 0.0920. The molecule has 1 saturated heterocycles. The van der Waals surface area contributed by atoms with Crippen molar-refractivity contribution in [3.63, 3.8) is 0 Å². The molecule has 2 aliphatic rings. The molecule has 0 bridgehead atoms. The molecule has 2 N–H and O–H groups in total. The van der Waals surface area contributed by atoms with Crippen molar-refractivity contribution >= 4 is 17.5 Å². The second-order valence-corrected chi connectivity index (χ2v) is 7.35. The van der Waals surface area contributed by atoms with Gasteiger partial charge in [-0.05, 0) is 37.1 Å². The molecule has 148 valence electrons. The van der Waals surface area contributed by atoms with Crippen LogP contribution >= 0.6 is 0 Å². The van der Waals surface area contributed by atoms with Crippen LogP contribution in [0.15, 0.2) is 53.1 Å². The van der Waals surface area contributed by atoms with Gasteiger partial charge in [-0.1, -0.05) is 18.2 Å². The molecule has 2 amide bonds. The Kier molecular flexibility index (Phi) is 5.62. The number of piperazine rings is 1. The maximum Gasteiger partial charge on any atom is 0.309 e. The minimum atomic E-state index is -0.577. The Balaban J connectivity index is 1.35. The molecule has 1 aromatic carbocycles. The van der Waals surface area contributed by atoms with Crippen LogP contribution in [0.2, 0.25) is 0 Å². The Morgan fingerprint density at radius 1 is 1.00 bits per heavy atom. The van der Waals surface area contributed by atoms with Crippen LogP contribution in [0, 0.1) is 0 Å². The molecule has 7 nitrogen and oxygen atoms in total. The molecule has 2 fully saturated rings. The van der Waals surface area contributed by atoms with Gasteiger partial charge in [-0.3, -0.25) is 14.5 Å². The lowest BCUT2D eigenvalue weighted by Crippen LogP contribution is -2.50. The van der Waals surface area contributed by atoms with Crippen molar-refractivity contribution in [1.82, 2.24) is 15.5 Å². The van der Waals surface area contributed by atoms with Crippen molar-refractivity contribution in [2.24, 2.45) is 0 Å². The monoisotopic (exact) mass is 382 g/mol. The molecule has 4 rings (SSSR count). The summed E-state index contributed by atoms with van der Waals surface area (Å²) in [7, 11) is 0. The van der Waals surface area contributed by atoms with E-state index in [1.54, 1.807) is 6.26 Å². The fraction of sp³-hybridized carbons (Fsp3) is 0.429. The van der Waals surface area contributed by atoms with Gasteiger partial charge in [0.05, 0.1) is 12.3 Å². The van der Waals surface area contributed by atoms with Gasteiger partial charge < -0.3 is 20.0 Å². The SMILES string of the molecule is O=C(NC[C@@H](c1ccco1)N1CCN(c2ccccc2)CC1)C(=O)NC1CC1. The maximum absolute atomic E-state index is 12.1. The number of benzene rings is 1. The van der Waals surface area contributed by atoms with Crippen LogP contribution in [0.3, 0.4) is 0 Å². The number of furan rings is 1. The van der Waals surface area contributed by atoms with Gasteiger partial charge in [0, 0.05) is 44.5 Å². The van der Waals surface area contributed by atoms with E-state index in [0.717, 1.165) is 44.8 Å². The van der Waals surface area contributed by atoms with Gasteiger partial charge in [0.25, 0.3) is 0 Å². The highest BCUT2D eigenvalue weighted by Crippen LogP contribution is 2.24. The molecular formula is C21H26N4O3. The second kappa shape index (κ2) is 8.48. The molecule has 1 saturated carbocycles. The standard InChI is InChI=1S/C21H26N4O3/c26-20(21(27)23-16-8-9-16)22-15-18(19-7-4-14-28-19)25-12-10-24(11-13-25)17-5-2-1-3-6-17/h1-7,14,16,18H,8-13,15H2,(H,22,26)(H,23,27)/t18-/m0/s1. The summed E-state index contributed by atoms with van der Waals surface area (Å²) in [5.41, 5.74) is 1.22. The summed E-state index contributed by atoms with van der Waals surface area (Å²) in [5.74, 6) is -0.322. The lowest BCUT2D eigenvalue weighted by Gasteiger charge is -2.39. The van der Waals surface area contributed by atoms with Crippen LogP contribution in [0.4, 0.5) is 5.69 Å². The predicted molar refractivity (Wildman–Crippen MR) is 106 cm³/mol. The number of carbonyl (C=O) groups excluding carboxylic acids is 2. The fourth-order valence-electron chi connectivity index (χ4n) is 3.57. The summed E-state index contributed by atoms with van der Waals surface area (Å²) in [4.78, 5) is 28.7. The first-order valence-corrected chi connectivity index (χ1v) is 9.87. The number of amides is 2. The van der Waals surface area contributed by atoms with E-state index in [1.807, 2.05) is 18.2 Å². The highest BCUT2D eigenvalue weighted by molar-refractivity contribution is 6.35. The van der Waals surface area contributed by atoms with Crippen LogP contribution in [-0.2, 0) is 9.59 Å². The number of para-hydroxylation sites is 1. The van der Waals surface area contributed by atoms with Crippen molar-refractivity contribution in [2.45, 2.75) is 24.9 Å². The normalized spacial score (nSPS) is 18.5. The van der Waals surface area contributed by atoms with E-state index in [9.17, 15) is 9.59 Å². The number of hydrogen-bond acceptors (Lipinski definition) is 5. The number of nitrogens with zero attached hydrogens (tertiary/aromatic N) is 2. The largest absolute Gasteiger partial charge is 0.468 e. The van der Waals surface area contributed by atoms with Crippen molar-refractivity contribution in [3.05, 3.63) is 54.5 Å². The molecule has 1 aromatic heterocycles. The predicted octanol–water partition coefficient (Wildman–Crippen LogP) is 1.54. The third-order valence-corrected chi connectivity index (χ3v) is 5.32. The Labute approximate surface area is 164 Å². The third kappa shape index (κ3) is 4.54. The number of rotatable bonds is 6. The molecule has 1 atom stereocenters. The molecule has 0 unspecified atom stereocenters. The van der Waals surface area contributed by atoms with Crippen LogP contribution < -0.4 is 15.5 Å². The zero-order valence-electron chi connectivity index (χ0n) is 15.8. The van der Waals surface area contributed by atoms with E-state index in [1.165, 1.54) is 5.69 Å². The summed E-state index contributed by atoms with van der Waals surface area (Å²) >= 11 is 0. The summed E-state index contributed by atoms with van der Waals surface area (Å²) in [6.45, 7) is 3.85. The van der Waals surface area contributed by atoms with Crippen LogP contribution in [0.1, 0.15) is 24.6 Å². The number of nitrogens with one attached hydrogen (secondary N) is 2. The molecule has 28 heavy (non-hydrogen) atoms. The Morgan fingerprint density at radius 2 is 1.75 bits per heavy atom. The van der Waals surface area contributed by atoms with Crippen molar-refractivity contribution in [1.29, 1.82) is 0 Å². The quantitative estimate of drug-likeness (QED) is 0.741. The van der Waals surface area contributed by atoms with Gasteiger partial charge >= 0.3 is 11.8 Å². The number of hydrogen-bond donors (Lipinski definition) is 2. The van der Waals surface area contributed by atoms with E-state index in [2.05, 4.69) is 44.7 Å². The number of anilines is 1. The summed E-state index contributed by atoms with van der Waals surface area (Å²) in [6, 6.07) is 14.2. The van der Waals surface area contributed by atoms with E-state index >= 15 is 0 Å². The van der Waals surface area contributed by atoms with Crippen molar-refractivity contribution in [3.8, 4) is 0 Å². The average molecular weight is 382 g/mol. The minimum Gasteiger partial charge on any atom is -0.468 e. The van der Waals surface area contributed by atoms with Gasteiger partial charge in [0.1, 0.15) is 5.76 Å². The molecule has 0 spiro atoms. The number of carbonyl (C=O) groups is 2. The van der Waals surface area contributed by atoms with E-state index in [-0.39, 0.29) is 12.1 Å². The molecule has 7 heteroatoms. The second-order valence-electron chi connectivity index (χ2n) is 7.35. The van der Waals surface area contributed by atoms with E-state index in [0.29, 0.717) is 6.54 Å². The van der Waals surface area contributed by atoms with E-state index < -0.39 is 11.8 Å². The van der Waals surface area contributed by atoms with E-state index in [4.69, 9.17) is 4.42 Å². The molecule has 1 aliphatic heterocycles. The van der Waals surface area contributed by atoms with Crippen molar-refractivity contribution < 1.29 is 14.0 Å². The van der Waals surface area contributed by atoms with Crippen LogP contribution in [-0.4, -0.2) is 55.5 Å². The maximum atomic E-state index is 12.1. The third-order valence-electron chi connectivity index (χ3n) is 5.32. The Hall–Kier alpha value is -2.80. The highest BCUT2D eigenvalue weighted by atomic mass is 16.3. The molecule has 2 aromatic rings. The topological polar surface area (TPSA) is 77.8 Å².